The Labute approximate surface area is 234 Å². The highest BCUT2D eigenvalue weighted by molar-refractivity contribution is 9.10. The fourth-order valence-electron chi connectivity index (χ4n) is 4.24. The lowest BCUT2D eigenvalue weighted by Gasteiger charge is -2.18. The Morgan fingerprint density at radius 1 is 0.925 bits per heavy atom. The summed E-state index contributed by atoms with van der Waals surface area (Å²) in [5.74, 6) is -0.235. The van der Waals surface area contributed by atoms with Crippen molar-refractivity contribution in [3.8, 4) is 22.6 Å². The maximum Gasteiger partial charge on any atom is 0.416 e. The number of hydrogen-bond donors (Lipinski definition) is 0. The lowest BCUT2D eigenvalue weighted by molar-refractivity contribution is -0.143. The van der Waals surface area contributed by atoms with Crippen molar-refractivity contribution in [2.24, 2.45) is 0 Å². The number of carbonyl (C=O) groups excluding carboxylic acids is 1. The van der Waals surface area contributed by atoms with E-state index >= 15 is 0 Å². The predicted octanol–water partition coefficient (Wildman–Crippen LogP) is 9.01. The average Bonchev–Trinajstić information content (AvgIpc) is 3.27. The van der Waals surface area contributed by atoms with Gasteiger partial charge < -0.3 is 14.0 Å². The van der Waals surface area contributed by atoms with Crippen LogP contribution in [0.5, 0.6) is 5.75 Å². The van der Waals surface area contributed by atoms with E-state index in [0.717, 1.165) is 11.8 Å². The highest BCUT2D eigenvalue weighted by Gasteiger charge is 2.38. The molecule has 210 valence electrons. The van der Waals surface area contributed by atoms with Gasteiger partial charge in [0.05, 0.1) is 23.3 Å². The SMILES string of the molecule is CCOC(=O)c1cccc(-n2ccc(-c3c(Br)cccc3OCc3ccc(C(F)(F)F)cc3C(F)(F)F)c2C)c1. The number of rotatable bonds is 7. The smallest absolute Gasteiger partial charge is 0.416 e. The zero-order valence-corrected chi connectivity index (χ0v) is 22.7. The molecule has 11 heteroatoms. The molecule has 3 aromatic carbocycles. The molecule has 0 saturated heterocycles. The van der Waals surface area contributed by atoms with Crippen molar-refractivity contribution < 1.29 is 40.6 Å². The van der Waals surface area contributed by atoms with Crippen molar-refractivity contribution in [1.82, 2.24) is 4.57 Å². The Bertz CT molecular complexity index is 1540. The highest BCUT2D eigenvalue weighted by atomic mass is 79.9. The van der Waals surface area contributed by atoms with Crippen LogP contribution in [0.2, 0.25) is 0 Å². The van der Waals surface area contributed by atoms with Gasteiger partial charge >= 0.3 is 18.3 Å². The number of nitrogens with zero attached hydrogens (tertiary/aromatic N) is 1. The van der Waals surface area contributed by atoms with Crippen molar-refractivity contribution in [3.05, 3.63) is 105 Å². The van der Waals surface area contributed by atoms with Crippen LogP contribution < -0.4 is 4.74 Å². The molecule has 0 aliphatic rings. The van der Waals surface area contributed by atoms with Crippen molar-refractivity contribution >= 4 is 21.9 Å². The zero-order valence-electron chi connectivity index (χ0n) is 21.2. The first kappa shape index (κ1) is 29.3. The van der Waals surface area contributed by atoms with E-state index in [1.54, 1.807) is 61.7 Å². The third-order valence-electron chi connectivity index (χ3n) is 6.15. The monoisotopic (exact) mass is 625 g/mol. The van der Waals surface area contributed by atoms with Crippen LogP contribution in [0.25, 0.3) is 16.8 Å². The van der Waals surface area contributed by atoms with Crippen molar-refractivity contribution in [2.45, 2.75) is 32.8 Å². The number of benzene rings is 3. The third kappa shape index (κ3) is 6.19. The van der Waals surface area contributed by atoms with Gasteiger partial charge in [-0.25, -0.2) is 4.79 Å². The molecule has 0 atom stereocenters. The van der Waals surface area contributed by atoms with Gasteiger partial charge in [0.1, 0.15) is 12.4 Å². The normalized spacial score (nSPS) is 11.9. The molecular formula is C29H22BrF6NO3. The quantitative estimate of drug-likeness (QED) is 0.152. The lowest BCUT2D eigenvalue weighted by Crippen LogP contribution is -2.14. The van der Waals surface area contributed by atoms with Gasteiger partial charge in [0.15, 0.2) is 0 Å². The molecule has 0 amide bonds. The summed E-state index contributed by atoms with van der Waals surface area (Å²) in [6, 6.07) is 15.0. The maximum atomic E-state index is 13.6. The first-order chi connectivity index (χ1) is 18.8. The minimum atomic E-state index is -5.01. The summed E-state index contributed by atoms with van der Waals surface area (Å²) in [5, 5.41) is 0. The molecule has 4 nitrogen and oxygen atoms in total. The number of aromatic nitrogens is 1. The molecule has 0 fully saturated rings. The van der Waals surface area contributed by atoms with Gasteiger partial charge in [0.2, 0.25) is 0 Å². The Morgan fingerprint density at radius 2 is 1.65 bits per heavy atom. The Kier molecular flexibility index (Phi) is 8.34. The van der Waals surface area contributed by atoms with Crippen LogP contribution in [0.4, 0.5) is 26.3 Å². The summed E-state index contributed by atoms with van der Waals surface area (Å²) in [5.41, 5.74) is -0.217. The van der Waals surface area contributed by atoms with Gasteiger partial charge in [-0.05, 0) is 62.4 Å². The number of hydrogen-bond acceptors (Lipinski definition) is 3. The van der Waals surface area contributed by atoms with Crippen molar-refractivity contribution in [2.75, 3.05) is 6.61 Å². The molecule has 0 bridgehead atoms. The molecule has 0 aliphatic carbocycles. The molecule has 40 heavy (non-hydrogen) atoms. The average molecular weight is 626 g/mol. The molecule has 4 aromatic rings. The summed E-state index contributed by atoms with van der Waals surface area (Å²) in [6.07, 6.45) is -8.15. The number of halogens is 7. The number of ether oxygens (including phenoxy) is 2. The summed E-state index contributed by atoms with van der Waals surface area (Å²) in [7, 11) is 0. The van der Waals surface area contributed by atoms with Gasteiger partial charge in [-0.3, -0.25) is 0 Å². The van der Waals surface area contributed by atoms with Crippen LogP contribution in [0.1, 0.15) is 39.7 Å². The van der Waals surface area contributed by atoms with Gasteiger partial charge in [-0.1, -0.05) is 34.1 Å². The largest absolute Gasteiger partial charge is 0.488 e. The Morgan fingerprint density at radius 3 is 2.33 bits per heavy atom. The van der Waals surface area contributed by atoms with E-state index in [1.165, 1.54) is 0 Å². The fourth-order valence-corrected chi connectivity index (χ4v) is 4.80. The minimum absolute atomic E-state index is 0.0924. The van der Waals surface area contributed by atoms with Gasteiger partial charge in [-0.2, -0.15) is 26.3 Å². The van der Waals surface area contributed by atoms with Crippen LogP contribution in [0, 0.1) is 6.92 Å². The van der Waals surface area contributed by atoms with E-state index in [-0.39, 0.29) is 18.4 Å². The third-order valence-corrected chi connectivity index (χ3v) is 6.81. The van der Waals surface area contributed by atoms with E-state index in [2.05, 4.69) is 15.9 Å². The van der Waals surface area contributed by atoms with Crippen molar-refractivity contribution in [1.29, 1.82) is 0 Å². The topological polar surface area (TPSA) is 40.5 Å². The lowest BCUT2D eigenvalue weighted by atomic mass is 10.0. The second-order valence-corrected chi connectivity index (χ2v) is 9.58. The first-order valence-corrected chi connectivity index (χ1v) is 12.7. The summed E-state index contributed by atoms with van der Waals surface area (Å²) in [6.45, 7) is 3.16. The number of esters is 1. The summed E-state index contributed by atoms with van der Waals surface area (Å²) in [4.78, 5) is 12.2. The molecule has 0 aliphatic heterocycles. The van der Waals surface area contributed by atoms with Crippen LogP contribution in [-0.2, 0) is 23.7 Å². The summed E-state index contributed by atoms with van der Waals surface area (Å²) < 4.78 is 93.3. The second-order valence-electron chi connectivity index (χ2n) is 8.72. The van der Waals surface area contributed by atoms with E-state index in [9.17, 15) is 31.1 Å². The molecular weight excluding hydrogens is 604 g/mol. The standard InChI is InChI=1S/C29H22BrF6NO3/c1-3-39-27(38)18-6-4-7-21(14-18)37-13-12-22(17(37)2)26-24(30)8-5-9-25(26)40-16-19-10-11-20(28(31,32)33)15-23(19)29(34,35)36/h4-15H,3,16H2,1-2H3. The number of carbonyl (C=O) groups is 1. The Balaban J connectivity index is 1.69. The van der Waals surface area contributed by atoms with E-state index in [4.69, 9.17) is 9.47 Å². The first-order valence-electron chi connectivity index (χ1n) is 12.0. The van der Waals surface area contributed by atoms with E-state index < -0.39 is 41.6 Å². The Hall–Kier alpha value is -3.73. The van der Waals surface area contributed by atoms with Crippen LogP contribution in [0.3, 0.4) is 0 Å². The van der Waals surface area contributed by atoms with Gasteiger partial charge in [-0.15, -0.1) is 0 Å². The summed E-state index contributed by atoms with van der Waals surface area (Å²) >= 11 is 3.48. The van der Waals surface area contributed by atoms with E-state index in [0.29, 0.717) is 32.9 Å². The van der Waals surface area contributed by atoms with Crippen LogP contribution >= 0.6 is 15.9 Å². The molecule has 0 radical (unpaired) electrons. The predicted molar refractivity (Wildman–Crippen MR) is 140 cm³/mol. The molecule has 0 N–H and O–H groups in total. The minimum Gasteiger partial charge on any atom is -0.488 e. The molecule has 0 spiro atoms. The molecule has 1 aromatic heterocycles. The maximum absolute atomic E-state index is 13.6. The van der Waals surface area contributed by atoms with Gasteiger partial charge in [0, 0.05) is 38.7 Å². The highest BCUT2D eigenvalue weighted by Crippen LogP contribution is 2.41. The zero-order chi connectivity index (χ0) is 29.2. The molecule has 4 rings (SSSR count). The van der Waals surface area contributed by atoms with E-state index in [1.807, 2.05) is 11.5 Å². The molecule has 0 saturated carbocycles. The van der Waals surface area contributed by atoms with Crippen LogP contribution in [-0.4, -0.2) is 17.1 Å². The molecule has 1 heterocycles. The van der Waals surface area contributed by atoms with Gasteiger partial charge in [0.25, 0.3) is 0 Å². The fraction of sp³-hybridized carbons (Fsp3) is 0.207. The van der Waals surface area contributed by atoms with Crippen molar-refractivity contribution in [3.63, 3.8) is 0 Å². The number of alkyl halides is 6. The van der Waals surface area contributed by atoms with Crippen LogP contribution in [0.15, 0.2) is 77.4 Å². The second kappa shape index (κ2) is 11.4. The molecule has 0 unspecified atom stereocenters.